The van der Waals surface area contributed by atoms with Crippen LogP contribution in [-0.4, -0.2) is 40.3 Å². The molecule has 116 valence electrons. The molecule has 7 nitrogen and oxygen atoms in total. The molecule has 0 saturated carbocycles. The summed E-state index contributed by atoms with van der Waals surface area (Å²) < 4.78 is 10.4. The standard InChI is InChI=1S/C14H20N2O5/c1-14(2,3)21-13(19)8-7-16(11(8)15)10(12(17)18)9-5-4-6-20-9/h4-6,8,10-11H,7,15H2,1-3H3,(H,17,18)/t8-,10+,11+/m1/s1. The maximum atomic E-state index is 12.0. The molecule has 2 heterocycles. The Morgan fingerprint density at radius 2 is 2.19 bits per heavy atom. The second-order valence-electron chi connectivity index (χ2n) is 6.08. The molecule has 21 heavy (non-hydrogen) atoms. The maximum absolute atomic E-state index is 12.0. The fourth-order valence-corrected chi connectivity index (χ4v) is 2.29. The molecule has 1 fully saturated rings. The van der Waals surface area contributed by atoms with Crippen molar-refractivity contribution in [2.45, 2.75) is 38.6 Å². The molecule has 0 unspecified atom stereocenters. The van der Waals surface area contributed by atoms with Crippen LogP contribution in [0.2, 0.25) is 0 Å². The van der Waals surface area contributed by atoms with E-state index in [9.17, 15) is 14.7 Å². The van der Waals surface area contributed by atoms with E-state index >= 15 is 0 Å². The summed E-state index contributed by atoms with van der Waals surface area (Å²) >= 11 is 0. The van der Waals surface area contributed by atoms with Crippen molar-refractivity contribution in [2.24, 2.45) is 11.7 Å². The monoisotopic (exact) mass is 296 g/mol. The van der Waals surface area contributed by atoms with Crippen molar-refractivity contribution in [1.82, 2.24) is 4.90 Å². The number of carboxylic acid groups (broad SMARTS) is 1. The van der Waals surface area contributed by atoms with E-state index in [2.05, 4.69) is 0 Å². The quantitative estimate of drug-likeness (QED) is 0.797. The predicted octanol–water partition coefficient (Wildman–Crippen LogP) is 0.964. The van der Waals surface area contributed by atoms with Gasteiger partial charge in [0.05, 0.1) is 18.3 Å². The number of likely N-dealkylation sites (tertiary alicyclic amines) is 1. The summed E-state index contributed by atoms with van der Waals surface area (Å²) in [7, 11) is 0. The highest BCUT2D eigenvalue weighted by molar-refractivity contribution is 5.78. The van der Waals surface area contributed by atoms with Gasteiger partial charge in [-0.25, -0.2) is 0 Å². The molecule has 1 aromatic rings. The fourth-order valence-electron chi connectivity index (χ4n) is 2.29. The molecule has 1 saturated heterocycles. The van der Waals surface area contributed by atoms with Crippen LogP contribution in [0.4, 0.5) is 0 Å². The third-order valence-corrected chi connectivity index (χ3v) is 3.29. The summed E-state index contributed by atoms with van der Waals surface area (Å²) in [5.74, 6) is -1.71. The minimum absolute atomic E-state index is 0.230. The van der Waals surface area contributed by atoms with Gasteiger partial charge in [0.1, 0.15) is 11.4 Å². The number of aliphatic carboxylic acids is 1. The lowest BCUT2D eigenvalue weighted by atomic mass is 9.92. The van der Waals surface area contributed by atoms with Gasteiger partial charge in [0, 0.05) is 6.54 Å². The number of carbonyl (C=O) groups is 2. The minimum atomic E-state index is -1.07. The summed E-state index contributed by atoms with van der Waals surface area (Å²) in [5.41, 5.74) is 5.36. The van der Waals surface area contributed by atoms with Gasteiger partial charge >= 0.3 is 11.9 Å². The molecule has 1 aromatic heterocycles. The molecular formula is C14H20N2O5. The van der Waals surface area contributed by atoms with E-state index in [0.717, 1.165) is 0 Å². The number of hydrogen-bond acceptors (Lipinski definition) is 6. The molecule has 3 atom stereocenters. The molecule has 0 bridgehead atoms. The molecule has 2 rings (SSSR count). The lowest BCUT2D eigenvalue weighted by Crippen LogP contribution is -2.66. The highest BCUT2D eigenvalue weighted by atomic mass is 16.6. The van der Waals surface area contributed by atoms with E-state index in [1.54, 1.807) is 32.9 Å². The minimum Gasteiger partial charge on any atom is -0.480 e. The Morgan fingerprint density at radius 1 is 1.52 bits per heavy atom. The molecule has 0 aromatic carbocycles. The average Bonchev–Trinajstić information content (AvgIpc) is 2.83. The molecular weight excluding hydrogens is 276 g/mol. The first-order valence-electron chi connectivity index (χ1n) is 6.71. The predicted molar refractivity (Wildman–Crippen MR) is 73.1 cm³/mol. The molecule has 7 heteroatoms. The number of furan rings is 1. The summed E-state index contributed by atoms with van der Waals surface area (Å²) in [6.45, 7) is 5.55. The summed E-state index contributed by atoms with van der Waals surface area (Å²) in [6.07, 6.45) is 0.702. The first-order chi connectivity index (χ1) is 9.70. The number of hydrogen-bond donors (Lipinski definition) is 2. The lowest BCUT2D eigenvalue weighted by molar-refractivity contribution is -0.177. The zero-order valence-electron chi connectivity index (χ0n) is 12.3. The van der Waals surface area contributed by atoms with Crippen molar-refractivity contribution in [3.63, 3.8) is 0 Å². The topological polar surface area (TPSA) is 106 Å². The van der Waals surface area contributed by atoms with Crippen molar-refractivity contribution in [3.05, 3.63) is 24.2 Å². The SMILES string of the molecule is CC(C)(C)OC(=O)[C@@H]1CN([C@H](C(=O)O)c2ccco2)[C@@H]1N. The number of esters is 1. The van der Waals surface area contributed by atoms with Crippen LogP contribution in [-0.2, 0) is 14.3 Å². The summed E-state index contributed by atoms with van der Waals surface area (Å²) in [5, 5.41) is 9.34. The zero-order chi connectivity index (χ0) is 15.8. The number of carbonyl (C=O) groups excluding carboxylic acids is 1. The van der Waals surface area contributed by atoms with Crippen LogP contribution >= 0.6 is 0 Å². The second kappa shape index (κ2) is 5.50. The Labute approximate surface area is 122 Å². The van der Waals surface area contributed by atoms with E-state index in [4.69, 9.17) is 14.9 Å². The number of rotatable bonds is 4. The fraction of sp³-hybridized carbons (Fsp3) is 0.571. The Balaban J connectivity index is 2.05. The van der Waals surface area contributed by atoms with E-state index < -0.39 is 35.7 Å². The molecule has 0 spiro atoms. The van der Waals surface area contributed by atoms with E-state index in [1.807, 2.05) is 0 Å². The highest BCUT2D eigenvalue weighted by Crippen LogP contribution is 2.33. The van der Waals surface area contributed by atoms with Crippen molar-refractivity contribution < 1.29 is 23.8 Å². The maximum Gasteiger partial charge on any atom is 0.328 e. The summed E-state index contributed by atoms with van der Waals surface area (Å²) in [6, 6.07) is 2.20. The Bertz CT molecular complexity index is 520. The number of nitrogens with two attached hydrogens (primary N) is 1. The molecule has 3 N–H and O–H groups in total. The first-order valence-corrected chi connectivity index (χ1v) is 6.71. The van der Waals surface area contributed by atoms with Gasteiger partial charge < -0.3 is 20.0 Å². The van der Waals surface area contributed by atoms with Crippen LogP contribution in [0, 0.1) is 5.92 Å². The van der Waals surface area contributed by atoms with Gasteiger partial charge in [0.15, 0.2) is 6.04 Å². The van der Waals surface area contributed by atoms with Crippen LogP contribution in [0.15, 0.2) is 22.8 Å². The van der Waals surface area contributed by atoms with Gasteiger partial charge in [-0.3, -0.25) is 14.5 Å². The van der Waals surface area contributed by atoms with Crippen molar-refractivity contribution in [2.75, 3.05) is 6.54 Å². The van der Waals surface area contributed by atoms with Crippen molar-refractivity contribution in [3.8, 4) is 0 Å². The summed E-state index contributed by atoms with van der Waals surface area (Å²) in [4.78, 5) is 24.9. The third kappa shape index (κ3) is 3.25. The molecule has 1 aliphatic heterocycles. The largest absolute Gasteiger partial charge is 0.480 e. The molecule has 1 aliphatic rings. The average molecular weight is 296 g/mol. The number of ether oxygens (including phenoxy) is 1. The van der Waals surface area contributed by atoms with Gasteiger partial charge in [0.25, 0.3) is 0 Å². The Hall–Kier alpha value is -1.86. The van der Waals surface area contributed by atoms with E-state index in [-0.39, 0.29) is 6.54 Å². The third-order valence-electron chi connectivity index (χ3n) is 3.29. The molecule has 0 aliphatic carbocycles. The van der Waals surface area contributed by atoms with Gasteiger partial charge in [-0.05, 0) is 32.9 Å². The zero-order valence-corrected chi connectivity index (χ0v) is 12.3. The molecule has 0 amide bonds. The van der Waals surface area contributed by atoms with Crippen LogP contribution in [0.25, 0.3) is 0 Å². The van der Waals surface area contributed by atoms with Crippen LogP contribution < -0.4 is 5.73 Å². The second-order valence-corrected chi connectivity index (χ2v) is 6.08. The van der Waals surface area contributed by atoms with Gasteiger partial charge in [0.2, 0.25) is 0 Å². The Morgan fingerprint density at radius 3 is 2.62 bits per heavy atom. The normalized spacial score (nSPS) is 24.2. The van der Waals surface area contributed by atoms with Crippen LogP contribution in [0.5, 0.6) is 0 Å². The van der Waals surface area contributed by atoms with E-state index in [0.29, 0.717) is 5.76 Å². The van der Waals surface area contributed by atoms with Crippen molar-refractivity contribution >= 4 is 11.9 Å². The van der Waals surface area contributed by atoms with Gasteiger partial charge in [-0.2, -0.15) is 0 Å². The lowest BCUT2D eigenvalue weighted by Gasteiger charge is -2.47. The highest BCUT2D eigenvalue weighted by Gasteiger charge is 2.49. The Kier molecular flexibility index (Phi) is 4.06. The number of nitrogens with zero attached hydrogens (tertiary/aromatic N) is 1. The van der Waals surface area contributed by atoms with Gasteiger partial charge in [-0.1, -0.05) is 0 Å². The van der Waals surface area contributed by atoms with Crippen LogP contribution in [0.3, 0.4) is 0 Å². The van der Waals surface area contributed by atoms with Gasteiger partial charge in [-0.15, -0.1) is 0 Å². The smallest absolute Gasteiger partial charge is 0.328 e. The van der Waals surface area contributed by atoms with Crippen LogP contribution in [0.1, 0.15) is 32.6 Å². The van der Waals surface area contributed by atoms with Crippen molar-refractivity contribution in [1.29, 1.82) is 0 Å². The van der Waals surface area contributed by atoms with E-state index in [1.165, 1.54) is 11.2 Å². The number of carboxylic acids is 1. The first kappa shape index (κ1) is 15.5. The molecule has 0 radical (unpaired) electrons.